The summed E-state index contributed by atoms with van der Waals surface area (Å²) in [6.45, 7) is 1.90. The molecule has 2 aliphatic rings. The van der Waals surface area contributed by atoms with Crippen LogP contribution in [0.25, 0.3) is 11.4 Å². The molecule has 0 bridgehead atoms. The average molecular weight is 419 g/mol. The third-order valence-corrected chi connectivity index (χ3v) is 7.61. The third kappa shape index (κ3) is 4.67. The van der Waals surface area contributed by atoms with Crippen molar-refractivity contribution in [1.82, 2.24) is 30.2 Å². The summed E-state index contributed by atoms with van der Waals surface area (Å²) in [4.78, 5) is 1.94. The van der Waals surface area contributed by atoms with Crippen LogP contribution in [-0.2, 0) is 16.4 Å². The van der Waals surface area contributed by atoms with Crippen molar-refractivity contribution >= 4 is 10.0 Å². The van der Waals surface area contributed by atoms with Gasteiger partial charge in [0.25, 0.3) is 0 Å². The molecule has 1 aromatic heterocycles. The molecule has 1 saturated carbocycles. The molecular formula is C20H30N6O2S. The fourth-order valence-electron chi connectivity index (χ4n) is 4.45. The fourth-order valence-corrected chi connectivity index (χ4v) is 5.21. The highest BCUT2D eigenvalue weighted by Gasteiger charge is 2.23. The van der Waals surface area contributed by atoms with Gasteiger partial charge in [0.15, 0.2) is 0 Å². The summed E-state index contributed by atoms with van der Waals surface area (Å²) in [7, 11) is -2.11. The molecule has 1 aromatic carbocycles. The molecule has 8 nitrogen and oxygen atoms in total. The Morgan fingerprint density at radius 1 is 1.14 bits per heavy atom. The number of rotatable bonds is 6. The molecule has 0 spiro atoms. The molecule has 2 N–H and O–H groups in total. The van der Waals surface area contributed by atoms with E-state index in [1.165, 1.54) is 39.2 Å². The minimum atomic E-state index is -3.53. The predicted octanol–water partition coefficient (Wildman–Crippen LogP) is 2.30. The number of hydrogen-bond acceptors (Lipinski definition) is 6. The van der Waals surface area contributed by atoms with E-state index in [4.69, 9.17) is 0 Å². The zero-order valence-corrected chi connectivity index (χ0v) is 17.8. The van der Waals surface area contributed by atoms with Crippen LogP contribution in [0, 0.1) is 5.92 Å². The fraction of sp³-hybridized carbons (Fsp3) is 0.650. The quantitative estimate of drug-likeness (QED) is 0.746. The lowest BCUT2D eigenvalue weighted by Gasteiger charge is -2.22. The highest BCUT2D eigenvalue weighted by atomic mass is 32.2. The maximum atomic E-state index is 12.4. The van der Waals surface area contributed by atoms with E-state index in [0.29, 0.717) is 11.7 Å². The van der Waals surface area contributed by atoms with Gasteiger partial charge in [0.1, 0.15) is 0 Å². The molecule has 2 heterocycles. The second-order valence-electron chi connectivity index (χ2n) is 8.15. The molecule has 29 heavy (non-hydrogen) atoms. The number of aromatic nitrogens is 4. The largest absolute Gasteiger partial charge is 0.317 e. The molecule has 0 amide bonds. The second kappa shape index (κ2) is 8.89. The summed E-state index contributed by atoms with van der Waals surface area (Å²) < 4.78 is 27.1. The van der Waals surface area contributed by atoms with E-state index in [9.17, 15) is 8.42 Å². The molecule has 1 saturated heterocycles. The Kier molecular flexibility index (Phi) is 6.26. The van der Waals surface area contributed by atoms with E-state index < -0.39 is 10.0 Å². The van der Waals surface area contributed by atoms with Crippen molar-refractivity contribution < 1.29 is 8.42 Å². The molecule has 0 radical (unpaired) electrons. The van der Waals surface area contributed by atoms with Gasteiger partial charge in [-0.05, 0) is 68.2 Å². The number of hydrogen-bond donors (Lipinski definition) is 2. The number of tetrazole rings is 1. The lowest BCUT2D eigenvalue weighted by molar-refractivity contribution is 0.309. The van der Waals surface area contributed by atoms with Crippen molar-refractivity contribution in [1.29, 1.82) is 0 Å². The van der Waals surface area contributed by atoms with Crippen molar-refractivity contribution in [3.8, 4) is 11.4 Å². The van der Waals surface area contributed by atoms with E-state index in [-0.39, 0.29) is 10.9 Å². The van der Waals surface area contributed by atoms with Crippen LogP contribution in [0.4, 0.5) is 0 Å². The number of nitrogens with one attached hydrogen (secondary N) is 2. The monoisotopic (exact) mass is 418 g/mol. The molecule has 158 valence electrons. The van der Waals surface area contributed by atoms with Gasteiger partial charge in [-0.3, -0.25) is 0 Å². The first-order valence-corrected chi connectivity index (χ1v) is 12.1. The minimum absolute atomic E-state index is 0.237. The van der Waals surface area contributed by atoms with Gasteiger partial charge in [-0.1, -0.05) is 38.2 Å². The second-order valence-corrected chi connectivity index (χ2v) is 10.0. The van der Waals surface area contributed by atoms with Gasteiger partial charge in [-0.15, -0.1) is 10.2 Å². The summed E-state index contributed by atoms with van der Waals surface area (Å²) in [6, 6.07) is 5.56. The summed E-state index contributed by atoms with van der Waals surface area (Å²) >= 11 is 0. The molecule has 0 unspecified atom stereocenters. The Balaban J connectivity index is 1.68. The van der Waals surface area contributed by atoms with E-state index in [1.54, 1.807) is 16.9 Å². The van der Waals surface area contributed by atoms with E-state index in [1.807, 2.05) is 6.07 Å². The van der Waals surface area contributed by atoms with Crippen LogP contribution in [0.3, 0.4) is 0 Å². The topological polar surface area (TPSA) is 102 Å². The number of nitrogens with zero attached hydrogens (tertiary/aromatic N) is 4. The third-order valence-electron chi connectivity index (χ3n) is 6.20. The molecule has 1 aliphatic heterocycles. The molecule has 4 rings (SSSR count). The lowest BCUT2D eigenvalue weighted by Crippen LogP contribution is -2.30. The van der Waals surface area contributed by atoms with Crippen LogP contribution >= 0.6 is 0 Å². The number of benzene rings is 1. The molecule has 1 aliphatic carbocycles. The maximum absolute atomic E-state index is 12.4. The average Bonchev–Trinajstić information content (AvgIpc) is 3.25. The Morgan fingerprint density at radius 2 is 1.90 bits per heavy atom. The zero-order chi connectivity index (χ0) is 20.3. The molecule has 2 aromatic rings. The Morgan fingerprint density at radius 3 is 2.62 bits per heavy atom. The Hall–Kier alpha value is -1.84. The first-order chi connectivity index (χ1) is 14.1. The van der Waals surface area contributed by atoms with Gasteiger partial charge < -0.3 is 5.32 Å². The lowest BCUT2D eigenvalue weighted by atomic mass is 9.84. The summed E-state index contributed by atoms with van der Waals surface area (Å²) in [5, 5.41) is 16.6. The first-order valence-electron chi connectivity index (χ1n) is 10.6. The van der Waals surface area contributed by atoms with Gasteiger partial charge in [-0.2, -0.15) is 4.80 Å². The minimum Gasteiger partial charge on any atom is -0.317 e. The first kappa shape index (κ1) is 20.4. The number of sulfonamides is 1. The van der Waals surface area contributed by atoms with E-state index in [2.05, 4.69) is 25.4 Å². The summed E-state index contributed by atoms with van der Waals surface area (Å²) in [6.07, 6.45) is 9.19. The van der Waals surface area contributed by atoms with E-state index in [0.717, 1.165) is 43.5 Å². The predicted molar refractivity (Wildman–Crippen MR) is 111 cm³/mol. The Bertz CT molecular complexity index is 930. The van der Waals surface area contributed by atoms with Crippen molar-refractivity contribution in [2.45, 2.75) is 62.3 Å². The van der Waals surface area contributed by atoms with Crippen LogP contribution in [0.1, 0.15) is 56.6 Å². The summed E-state index contributed by atoms with van der Waals surface area (Å²) in [5.41, 5.74) is 1.89. The van der Waals surface area contributed by atoms with Gasteiger partial charge in [-0.25, -0.2) is 13.1 Å². The zero-order valence-electron chi connectivity index (χ0n) is 17.0. The highest BCUT2D eigenvalue weighted by molar-refractivity contribution is 7.89. The number of piperidine rings is 1. The van der Waals surface area contributed by atoms with Crippen LogP contribution in [0.2, 0.25) is 0 Å². The van der Waals surface area contributed by atoms with Crippen molar-refractivity contribution in [3.05, 3.63) is 23.8 Å². The maximum Gasteiger partial charge on any atom is 0.240 e. The van der Waals surface area contributed by atoms with Crippen molar-refractivity contribution in [3.63, 3.8) is 0 Å². The van der Waals surface area contributed by atoms with Gasteiger partial charge in [0.2, 0.25) is 15.8 Å². The smallest absolute Gasteiger partial charge is 0.240 e. The molecule has 2 fully saturated rings. The normalized spacial score (nSPS) is 19.5. The van der Waals surface area contributed by atoms with Crippen LogP contribution in [-0.4, -0.2) is 48.8 Å². The van der Waals surface area contributed by atoms with Crippen LogP contribution < -0.4 is 10.0 Å². The molecule has 9 heteroatoms. The van der Waals surface area contributed by atoms with Gasteiger partial charge >= 0.3 is 0 Å². The molecular weight excluding hydrogens is 388 g/mol. The van der Waals surface area contributed by atoms with Gasteiger partial charge in [0.05, 0.1) is 10.9 Å². The summed E-state index contributed by atoms with van der Waals surface area (Å²) in [5.74, 6) is 1.15. The highest BCUT2D eigenvalue weighted by Crippen LogP contribution is 2.32. The Labute approximate surface area is 172 Å². The van der Waals surface area contributed by atoms with Crippen LogP contribution in [0.5, 0.6) is 0 Å². The van der Waals surface area contributed by atoms with Gasteiger partial charge in [0, 0.05) is 5.56 Å². The van der Waals surface area contributed by atoms with Crippen molar-refractivity contribution in [2.24, 2.45) is 5.92 Å². The molecule has 0 atom stereocenters. The van der Waals surface area contributed by atoms with Crippen molar-refractivity contribution in [2.75, 3.05) is 20.1 Å². The van der Waals surface area contributed by atoms with Crippen LogP contribution in [0.15, 0.2) is 23.1 Å². The van der Waals surface area contributed by atoms with E-state index >= 15 is 0 Å². The SMILES string of the molecule is CNS(=O)(=O)c1ccc(CC2CCCCC2)c(-c2nnn(C3CCNCC3)n2)c1. The standard InChI is InChI=1S/C20H30N6O2S/c1-21-29(27,28)18-8-7-16(13-15-5-3-2-4-6-15)19(14-18)20-23-25-26(24-20)17-9-11-22-12-10-17/h7-8,14-15,17,21-22H,2-6,9-13H2,1H3.